The maximum atomic E-state index is 15.7. The Bertz CT molecular complexity index is 2880. The number of nitrogens with zero attached hydrogens (tertiary/aromatic N) is 10. The first kappa shape index (κ1) is 78.1. The van der Waals surface area contributed by atoms with Gasteiger partial charge in [0.15, 0.2) is 0 Å². The second kappa shape index (κ2) is 35.7. The Balaban J connectivity index is 1.26. The van der Waals surface area contributed by atoms with Gasteiger partial charge in [-0.2, -0.15) is 5.26 Å². The van der Waals surface area contributed by atoms with Gasteiger partial charge in [-0.1, -0.05) is 84.5 Å². The lowest BCUT2D eigenvalue weighted by Crippen LogP contribution is -2.65. The molecule has 25 nitrogen and oxygen atoms in total. The van der Waals surface area contributed by atoms with Gasteiger partial charge in [0.1, 0.15) is 47.8 Å². The van der Waals surface area contributed by atoms with Crippen molar-refractivity contribution >= 4 is 94.1 Å². The fourth-order valence-electron chi connectivity index (χ4n) is 16.0. The molecule has 0 bridgehead atoms. The number of likely N-dealkylation sites (N-methyl/N-ethyl adjacent to an activating group) is 7. The van der Waals surface area contributed by atoms with E-state index in [0.717, 1.165) is 67.6 Å². The molecule has 12 amide bonds. The lowest BCUT2D eigenvalue weighted by molar-refractivity contribution is -0.157. The number of likely N-dealkylation sites (tertiary alicyclic amines) is 1. The minimum Gasteiger partial charge on any atom is -0.343 e. The van der Waals surface area contributed by atoms with Gasteiger partial charge in [-0.15, -0.1) is 23.2 Å². The molecule has 7 aliphatic rings. The summed E-state index contributed by atoms with van der Waals surface area (Å²) in [4.78, 5) is 190. The number of nitriles is 1. The molecule has 3 heterocycles. The molecule has 4 unspecified atom stereocenters. The van der Waals surface area contributed by atoms with Crippen molar-refractivity contribution in [2.75, 3.05) is 88.6 Å². The second-order valence-corrected chi connectivity index (χ2v) is 30.5. The van der Waals surface area contributed by atoms with Crippen molar-refractivity contribution in [1.82, 2.24) is 60.0 Å². The molecule has 3 N–H and O–H groups in total. The van der Waals surface area contributed by atoms with Crippen LogP contribution in [0.25, 0.3) is 0 Å². The first-order valence-corrected chi connectivity index (χ1v) is 36.9. The molecular weight excluding hydrogens is 1290 g/mol. The Morgan fingerprint density at radius 1 is 0.608 bits per heavy atom. The van der Waals surface area contributed by atoms with Crippen LogP contribution in [0.4, 0.5) is 0 Å². The molecule has 7 rings (SSSR count). The van der Waals surface area contributed by atoms with Gasteiger partial charge in [0.2, 0.25) is 70.9 Å². The minimum absolute atomic E-state index is 0.0714. The molecule has 4 aliphatic carbocycles. The molecule has 0 aromatic rings. The highest BCUT2D eigenvalue weighted by molar-refractivity contribution is 6.30. The van der Waals surface area contributed by atoms with Crippen molar-refractivity contribution in [2.24, 2.45) is 29.6 Å². The summed E-state index contributed by atoms with van der Waals surface area (Å²) >= 11 is 13.3. The largest absolute Gasteiger partial charge is 0.343 e. The van der Waals surface area contributed by atoms with E-state index in [1.165, 1.54) is 78.6 Å². The average molecular weight is 1400 g/mol. The van der Waals surface area contributed by atoms with Gasteiger partial charge in [-0.3, -0.25) is 57.5 Å². The van der Waals surface area contributed by atoms with Gasteiger partial charge < -0.3 is 60.0 Å². The van der Waals surface area contributed by atoms with E-state index >= 15 is 19.2 Å². The van der Waals surface area contributed by atoms with Crippen LogP contribution in [-0.2, 0) is 57.5 Å². The number of amides is 12. The van der Waals surface area contributed by atoms with Crippen molar-refractivity contribution in [3.05, 3.63) is 0 Å². The minimum atomic E-state index is -1.50. The summed E-state index contributed by atoms with van der Waals surface area (Å²) in [5.74, 6) is -8.48. The maximum absolute atomic E-state index is 15.7. The highest BCUT2D eigenvalue weighted by atomic mass is 35.5. The second-order valence-electron chi connectivity index (χ2n) is 29.5. The van der Waals surface area contributed by atoms with Gasteiger partial charge in [-0.25, -0.2) is 0 Å². The number of fused-ring (bicyclic) bond motifs is 1. The Hall–Kier alpha value is -6.29. The summed E-state index contributed by atoms with van der Waals surface area (Å²) in [6.45, 7) is 4.55. The molecule has 1 spiro atoms. The number of piperidine rings is 1. The van der Waals surface area contributed by atoms with Crippen LogP contribution in [0.1, 0.15) is 188 Å². The van der Waals surface area contributed by atoms with E-state index in [1.54, 1.807) is 18.9 Å². The number of alkyl halides is 2. The summed E-state index contributed by atoms with van der Waals surface area (Å²) in [6, 6.07) is -5.94. The molecule has 97 heavy (non-hydrogen) atoms. The molecule has 0 radical (unpaired) electrons. The first-order valence-electron chi connectivity index (χ1n) is 36.0. The Morgan fingerprint density at radius 3 is 1.85 bits per heavy atom. The SMILES string of the molecule is CC[C@H](C)[C@@H]1NC(=O)[C@H](C)N(C)C(=O)C[C@@H](C(=O)N2CCCCC2)N(C)C(=O)[C@H](C2CCCCC2)N(C)C(=O)C2(CCCC2)NC(=O)[C@@H]2CCCN2C(=O)[C@H](CCC2CC(Cl)C(Cl)C(C#N)C2)NC(=O)CN(C)C(=O)[C@H](CC2CCCCC2)N(C)C(=O)CN(C)C(=O)CN(C)C1=O. The van der Waals surface area contributed by atoms with Crippen molar-refractivity contribution in [1.29, 1.82) is 5.26 Å². The Kier molecular flexibility index (Phi) is 28.7. The topological polar surface area (TPSA) is 294 Å². The number of rotatable bonds is 9. The van der Waals surface area contributed by atoms with Crippen molar-refractivity contribution in [2.45, 2.75) is 246 Å². The lowest BCUT2D eigenvalue weighted by atomic mass is 9.78. The fourth-order valence-corrected chi connectivity index (χ4v) is 16.7. The van der Waals surface area contributed by atoms with E-state index in [2.05, 4.69) is 22.0 Å². The predicted octanol–water partition coefficient (Wildman–Crippen LogP) is 4.64. The smallest absolute Gasteiger partial charge is 0.248 e. The number of hydrogen-bond acceptors (Lipinski definition) is 13. The summed E-state index contributed by atoms with van der Waals surface area (Å²) in [5, 5.41) is 17.8. The normalized spacial score (nSPS) is 31.1. The van der Waals surface area contributed by atoms with Crippen LogP contribution in [0, 0.1) is 40.9 Å². The molecular formula is C70H111Cl2N13O12. The van der Waals surface area contributed by atoms with Crippen LogP contribution in [0.15, 0.2) is 0 Å². The zero-order valence-corrected chi connectivity index (χ0v) is 60.8. The third kappa shape index (κ3) is 19.4. The van der Waals surface area contributed by atoms with E-state index < -0.39 is 167 Å². The standard InChI is InChI=1S/C70H111Cl2N13O12/c1-11-44(2)60-67(95)79(6)42-57(88)77(4)43-58(89)81(8)53(38-46-24-15-12-16-25-46)65(93)78(5)41-55(86)74-51(30-29-47-36-49(40-73)59(72)50(71)37-47)64(92)85-35-23-28-52(85)63(91)76-70(31-19-20-32-70)69(97)83(10)61(48-26-17-13-18-27-48)68(96)82(9)54(66(94)84-33-21-14-22-34-84)39-56(87)80(7)45(3)62(90)75-60/h44-54,59-61H,11-39,41-43H2,1-10H3,(H,74,86)(H,75,90)(H,76,91)/t44-,45-,47?,49?,50?,51-,52-,53-,54-,59?,60-,61-/m0/s1. The molecule has 7 fully saturated rings. The zero-order chi connectivity index (χ0) is 71.2. The lowest BCUT2D eigenvalue weighted by Gasteiger charge is -2.43. The van der Waals surface area contributed by atoms with Crippen molar-refractivity contribution < 1.29 is 57.5 Å². The van der Waals surface area contributed by atoms with Crippen LogP contribution in [-0.4, -0.2) is 262 Å². The molecule has 4 saturated carbocycles. The molecule has 0 aromatic heterocycles. The monoisotopic (exact) mass is 1400 g/mol. The molecule has 3 saturated heterocycles. The zero-order valence-electron chi connectivity index (χ0n) is 59.3. The number of carbonyl (C=O) groups is 12. The van der Waals surface area contributed by atoms with Crippen LogP contribution in [0.3, 0.4) is 0 Å². The Labute approximate surface area is 584 Å². The fraction of sp³-hybridized carbons (Fsp3) is 0.814. The third-order valence-electron chi connectivity index (χ3n) is 22.7. The number of carbonyl (C=O) groups excluding carboxylic acids is 12. The molecule has 27 heteroatoms. The van der Waals surface area contributed by atoms with Crippen molar-refractivity contribution in [3.8, 4) is 6.07 Å². The molecule has 3 aliphatic heterocycles. The molecule has 12 atom stereocenters. The molecule has 542 valence electrons. The van der Waals surface area contributed by atoms with Crippen LogP contribution >= 0.6 is 23.2 Å². The van der Waals surface area contributed by atoms with Crippen LogP contribution in [0.2, 0.25) is 0 Å². The number of hydrogen-bond donors (Lipinski definition) is 3. The quantitative estimate of drug-likeness (QED) is 0.266. The van der Waals surface area contributed by atoms with Crippen LogP contribution < -0.4 is 16.0 Å². The van der Waals surface area contributed by atoms with Gasteiger partial charge in [-0.05, 0) is 120 Å². The maximum Gasteiger partial charge on any atom is 0.248 e. The van der Waals surface area contributed by atoms with E-state index in [1.807, 2.05) is 6.92 Å². The highest BCUT2D eigenvalue weighted by Crippen LogP contribution is 2.40. The average Bonchev–Trinajstić information content (AvgIpc) is 1.71. The van der Waals surface area contributed by atoms with E-state index in [-0.39, 0.29) is 56.4 Å². The Morgan fingerprint density at radius 2 is 1.22 bits per heavy atom. The summed E-state index contributed by atoms with van der Waals surface area (Å²) < 4.78 is 0. The predicted molar refractivity (Wildman–Crippen MR) is 365 cm³/mol. The van der Waals surface area contributed by atoms with Gasteiger partial charge >= 0.3 is 0 Å². The summed E-state index contributed by atoms with van der Waals surface area (Å²) in [5.41, 5.74) is -1.50. The first-order chi connectivity index (χ1) is 46.0. The summed E-state index contributed by atoms with van der Waals surface area (Å²) in [7, 11) is 10.2. The number of nitrogens with one attached hydrogen (secondary N) is 3. The van der Waals surface area contributed by atoms with Crippen molar-refractivity contribution in [3.63, 3.8) is 0 Å². The van der Waals surface area contributed by atoms with E-state index in [9.17, 15) is 43.6 Å². The van der Waals surface area contributed by atoms with Crippen LogP contribution in [0.5, 0.6) is 0 Å². The molecule has 0 aromatic carbocycles. The summed E-state index contributed by atoms with van der Waals surface area (Å²) in [6.07, 6.45) is 14.2. The number of halogens is 2. The van der Waals surface area contributed by atoms with Gasteiger partial charge in [0.25, 0.3) is 0 Å². The highest BCUT2D eigenvalue weighted by Gasteiger charge is 2.52. The van der Waals surface area contributed by atoms with E-state index in [4.69, 9.17) is 23.2 Å². The van der Waals surface area contributed by atoms with Gasteiger partial charge in [0, 0.05) is 69.0 Å². The third-order valence-corrected chi connectivity index (χ3v) is 23.9. The van der Waals surface area contributed by atoms with Gasteiger partial charge in [0.05, 0.1) is 48.8 Å². The van der Waals surface area contributed by atoms with E-state index in [0.29, 0.717) is 83.7 Å².